The van der Waals surface area contributed by atoms with E-state index in [1.54, 1.807) is 18.2 Å². The van der Waals surface area contributed by atoms with Crippen LogP contribution in [0.4, 0.5) is 0 Å². The molecule has 0 bridgehead atoms. The van der Waals surface area contributed by atoms with Crippen molar-refractivity contribution < 1.29 is 39.0 Å². The van der Waals surface area contributed by atoms with Gasteiger partial charge in [0.15, 0.2) is 11.6 Å². The highest BCUT2D eigenvalue weighted by Gasteiger charge is 2.32. The predicted molar refractivity (Wildman–Crippen MR) is 118 cm³/mol. The summed E-state index contributed by atoms with van der Waals surface area (Å²) in [7, 11) is 0. The lowest BCUT2D eigenvalue weighted by Gasteiger charge is -2.22. The molecule has 2 amide bonds. The molecule has 0 aromatic heterocycles. The van der Waals surface area contributed by atoms with Gasteiger partial charge in [-0.15, -0.1) is 11.8 Å². The van der Waals surface area contributed by atoms with Crippen LogP contribution in [0.5, 0.6) is 0 Å². The van der Waals surface area contributed by atoms with Crippen molar-refractivity contribution in [2.75, 3.05) is 12.3 Å². The number of thioether (sulfide) groups is 1. The van der Waals surface area contributed by atoms with E-state index < -0.39 is 48.2 Å². The van der Waals surface area contributed by atoms with Crippen LogP contribution in [0.2, 0.25) is 0 Å². The summed E-state index contributed by atoms with van der Waals surface area (Å²) in [6, 6.07) is 3.81. The molecule has 0 radical (unpaired) electrons. The van der Waals surface area contributed by atoms with Crippen LogP contribution < -0.4 is 16.4 Å². The first-order chi connectivity index (χ1) is 15.5. The van der Waals surface area contributed by atoms with Crippen molar-refractivity contribution in [2.24, 2.45) is 5.73 Å². The number of fused-ring (bicyclic) bond motifs is 1. The van der Waals surface area contributed by atoms with Gasteiger partial charge in [0.05, 0.1) is 10.9 Å². The molecule has 0 saturated heterocycles. The summed E-state index contributed by atoms with van der Waals surface area (Å²) in [4.78, 5) is 71.9. The first-order valence-corrected chi connectivity index (χ1v) is 10.8. The van der Waals surface area contributed by atoms with E-state index in [9.17, 15) is 28.8 Å². The maximum Gasteiger partial charge on any atom is 0.322 e. The Bertz CT molecular complexity index is 1040. The molecule has 1 aliphatic rings. The summed E-state index contributed by atoms with van der Waals surface area (Å²) in [5, 5.41) is 22.0. The summed E-state index contributed by atoms with van der Waals surface area (Å²) in [5.74, 6) is -5.03. The van der Waals surface area contributed by atoms with E-state index in [2.05, 4.69) is 10.6 Å². The van der Waals surface area contributed by atoms with Crippen LogP contribution in [-0.4, -0.2) is 69.9 Å². The molecule has 1 aromatic rings. The topological polar surface area (TPSA) is 193 Å². The monoisotopic (exact) mass is 477 g/mol. The third kappa shape index (κ3) is 6.73. The number of hydrogen-bond donors (Lipinski definition) is 5. The number of carbonyl (C=O) groups is 6. The summed E-state index contributed by atoms with van der Waals surface area (Å²) in [5.41, 5.74) is 6.37. The third-order valence-corrected chi connectivity index (χ3v) is 6.03. The molecule has 0 spiro atoms. The first kappa shape index (κ1) is 25.7. The third-order valence-electron chi connectivity index (χ3n) is 4.75. The number of benzene rings is 1. The molecule has 0 saturated carbocycles. The van der Waals surface area contributed by atoms with Crippen molar-refractivity contribution in [3.05, 3.63) is 45.9 Å². The highest BCUT2D eigenvalue weighted by Crippen LogP contribution is 2.33. The Morgan fingerprint density at radius 2 is 1.61 bits per heavy atom. The lowest BCUT2D eigenvalue weighted by atomic mass is 9.90. The van der Waals surface area contributed by atoms with Crippen molar-refractivity contribution in [3.63, 3.8) is 0 Å². The van der Waals surface area contributed by atoms with Gasteiger partial charge >= 0.3 is 11.9 Å². The SMILES string of the molecule is CC1=C(SC[C@H](NC(=O)[C@@H](N)CCC(=O)O)C(=O)NCC(=O)O)C(=O)c2ccccc2C1=O. The minimum atomic E-state index is -1.30. The fraction of sp³-hybridized carbons (Fsp3) is 0.333. The van der Waals surface area contributed by atoms with E-state index in [1.807, 2.05) is 0 Å². The zero-order valence-corrected chi connectivity index (χ0v) is 18.4. The van der Waals surface area contributed by atoms with E-state index in [0.717, 1.165) is 11.8 Å². The summed E-state index contributed by atoms with van der Waals surface area (Å²) in [6.07, 6.45) is -0.535. The molecule has 11 nitrogen and oxygen atoms in total. The Labute approximate surface area is 192 Å². The quantitative estimate of drug-likeness (QED) is 0.288. The van der Waals surface area contributed by atoms with Crippen LogP contribution in [0.1, 0.15) is 40.5 Å². The fourth-order valence-electron chi connectivity index (χ4n) is 2.97. The first-order valence-electron chi connectivity index (χ1n) is 9.82. The largest absolute Gasteiger partial charge is 0.481 e. The second kappa shape index (κ2) is 11.4. The average molecular weight is 477 g/mol. The Morgan fingerprint density at radius 3 is 2.18 bits per heavy atom. The Morgan fingerprint density at radius 1 is 1.00 bits per heavy atom. The number of ketones is 2. The average Bonchev–Trinajstić information content (AvgIpc) is 2.78. The van der Waals surface area contributed by atoms with Crippen LogP contribution in [0.3, 0.4) is 0 Å². The van der Waals surface area contributed by atoms with Crippen molar-refractivity contribution in [2.45, 2.75) is 31.8 Å². The van der Waals surface area contributed by atoms with Gasteiger partial charge in [-0.3, -0.25) is 28.8 Å². The Balaban J connectivity index is 2.18. The van der Waals surface area contributed by atoms with Crippen LogP contribution in [0.15, 0.2) is 34.7 Å². The molecule has 0 unspecified atom stereocenters. The minimum Gasteiger partial charge on any atom is -0.481 e. The number of amides is 2. The number of aliphatic carboxylic acids is 2. The van der Waals surface area contributed by atoms with Crippen LogP contribution >= 0.6 is 11.8 Å². The number of carboxylic acid groups (broad SMARTS) is 2. The standard InChI is InChI=1S/C21H23N3O8S/c1-10-17(29)11-4-2-3-5-12(11)18(30)19(10)33-9-14(21(32)23-8-16(27)28)24-20(31)13(22)6-7-15(25)26/h2-5,13-14H,6-9,22H2,1H3,(H,23,32)(H,24,31)(H,25,26)(H,27,28)/t13-,14-/m0/s1. The predicted octanol–water partition coefficient (Wildman–Crippen LogP) is -0.0495. The number of rotatable bonds is 11. The van der Waals surface area contributed by atoms with Gasteiger partial charge < -0.3 is 26.6 Å². The smallest absolute Gasteiger partial charge is 0.322 e. The molecule has 0 fully saturated rings. The molecule has 1 aliphatic carbocycles. The van der Waals surface area contributed by atoms with Crippen molar-refractivity contribution >= 4 is 47.1 Å². The highest BCUT2D eigenvalue weighted by atomic mass is 32.2. The van der Waals surface area contributed by atoms with Gasteiger partial charge in [-0.25, -0.2) is 0 Å². The van der Waals surface area contributed by atoms with Gasteiger partial charge in [-0.1, -0.05) is 24.3 Å². The summed E-state index contributed by atoms with van der Waals surface area (Å²) in [6.45, 7) is 0.784. The van der Waals surface area contributed by atoms with E-state index in [4.69, 9.17) is 15.9 Å². The van der Waals surface area contributed by atoms with Gasteiger partial charge in [0.25, 0.3) is 0 Å². The number of Topliss-reactive ketones (excluding diaryl/α,β-unsaturated/α-hetero) is 2. The van der Waals surface area contributed by atoms with Crippen molar-refractivity contribution in [3.8, 4) is 0 Å². The second-order valence-electron chi connectivity index (χ2n) is 7.18. The minimum absolute atomic E-state index is 0.110. The molecule has 33 heavy (non-hydrogen) atoms. The molecule has 176 valence electrons. The number of nitrogens with one attached hydrogen (secondary N) is 2. The van der Waals surface area contributed by atoms with Gasteiger partial charge in [0, 0.05) is 28.9 Å². The number of carbonyl (C=O) groups excluding carboxylic acids is 4. The Kier molecular flexibility index (Phi) is 8.88. The van der Waals surface area contributed by atoms with E-state index >= 15 is 0 Å². The molecule has 0 aliphatic heterocycles. The normalized spacial score (nSPS) is 14.8. The highest BCUT2D eigenvalue weighted by molar-refractivity contribution is 8.04. The lowest BCUT2D eigenvalue weighted by molar-refractivity contribution is -0.138. The molecule has 2 rings (SSSR count). The van der Waals surface area contributed by atoms with E-state index in [1.165, 1.54) is 13.0 Å². The maximum atomic E-state index is 12.9. The zero-order valence-electron chi connectivity index (χ0n) is 17.6. The fourth-order valence-corrected chi connectivity index (χ4v) is 4.09. The number of allylic oxidation sites excluding steroid dienone is 2. The molecular weight excluding hydrogens is 454 g/mol. The van der Waals surface area contributed by atoms with Gasteiger partial charge in [0.1, 0.15) is 12.6 Å². The molecule has 12 heteroatoms. The lowest BCUT2D eigenvalue weighted by Crippen LogP contribution is -2.53. The second-order valence-corrected chi connectivity index (χ2v) is 8.21. The van der Waals surface area contributed by atoms with Crippen LogP contribution in [0, 0.1) is 0 Å². The van der Waals surface area contributed by atoms with Gasteiger partial charge in [0.2, 0.25) is 11.8 Å². The zero-order chi connectivity index (χ0) is 24.7. The summed E-state index contributed by atoms with van der Waals surface area (Å²) >= 11 is 0.875. The number of carboxylic acids is 2. The number of nitrogens with two attached hydrogens (primary N) is 1. The van der Waals surface area contributed by atoms with E-state index in [-0.39, 0.29) is 46.0 Å². The van der Waals surface area contributed by atoms with Crippen molar-refractivity contribution in [1.82, 2.24) is 10.6 Å². The molecular formula is C21H23N3O8S. The molecule has 1 aromatic carbocycles. The van der Waals surface area contributed by atoms with Crippen molar-refractivity contribution in [1.29, 1.82) is 0 Å². The van der Waals surface area contributed by atoms with E-state index in [0.29, 0.717) is 0 Å². The van der Waals surface area contributed by atoms with Gasteiger partial charge in [-0.2, -0.15) is 0 Å². The Hall–Kier alpha value is -3.51. The molecule has 0 heterocycles. The number of hydrogen-bond acceptors (Lipinski definition) is 8. The molecule has 6 N–H and O–H groups in total. The maximum absolute atomic E-state index is 12.9. The van der Waals surface area contributed by atoms with Crippen LogP contribution in [0.25, 0.3) is 0 Å². The van der Waals surface area contributed by atoms with Crippen LogP contribution in [-0.2, 0) is 19.2 Å². The summed E-state index contributed by atoms with van der Waals surface area (Å²) < 4.78 is 0. The molecule has 2 atom stereocenters. The van der Waals surface area contributed by atoms with Gasteiger partial charge in [-0.05, 0) is 13.3 Å².